The number of carbonyl (C=O) groups is 3. The lowest BCUT2D eigenvalue weighted by Crippen LogP contribution is -2.44. The van der Waals surface area contributed by atoms with Gasteiger partial charge in [-0.1, -0.05) is 18.9 Å². The summed E-state index contributed by atoms with van der Waals surface area (Å²) in [5, 5.41) is 2.55. The summed E-state index contributed by atoms with van der Waals surface area (Å²) in [6.45, 7) is 6.79. The minimum atomic E-state index is -0.706. The van der Waals surface area contributed by atoms with Gasteiger partial charge in [-0.3, -0.25) is 4.79 Å². The van der Waals surface area contributed by atoms with Gasteiger partial charge in [0, 0.05) is 0 Å². The second-order valence-corrected chi connectivity index (χ2v) is 6.37. The van der Waals surface area contributed by atoms with Crippen LogP contribution in [0.5, 0.6) is 0 Å². The third kappa shape index (κ3) is 12.4. The minimum Gasteiger partial charge on any atom is -0.467 e. The number of nitrogens with one attached hydrogen (secondary N) is 1. The molecular weight excluding hydrogens is 298 g/mol. The Kier molecular flexibility index (Phi) is 9.94. The summed E-state index contributed by atoms with van der Waals surface area (Å²) in [7, 11) is 1.29. The molecular formula is C17H29NO5. The van der Waals surface area contributed by atoms with E-state index in [4.69, 9.17) is 9.47 Å². The first-order chi connectivity index (χ1) is 10.7. The molecule has 1 amide bonds. The van der Waals surface area contributed by atoms with E-state index in [1.807, 2.05) is 6.08 Å². The van der Waals surface area contributed by atoms with E-state index in [-0.39, 0.29) is 5.78 Å². The fourth-order valence-corrected chi connectivity index (χ4v) is 1.88. The molecule has 0 aromatic heterocycles. The number of ether oxygens (including phenoxy) is 2. The number of hydrogen-bond donors (Lipinski definition) is 1. The van der Waals surface area contributed by atoms with Gasteiger partial charge in [-0.05, 0) is 53.0 Å². The maximum Gasteiger partial charge on any atom is 0.408 e. The largest absolute Gasteiger partial charge is 0.467 e. The molecule has 1 N–H and O–H groups in total. The molecule has 1 unspecified atom stereocenters. The molecule has 0 saturated carbocycles. The Morgan fingerprint density at radius 3 is 2.30 bits per heavy atom. The SMILES string of the molecule is COC(=O)C(CCCCC/C=C/C(C)=O)NC(=O)OC(C)(C)C. The molecule has 0 aliphatic heterocycles. The van der Waals surface area contributed by atoms with Gasteiger partial charge in [0.2, 0.25) is 0 Å². The first kappa shape index (κ1) is 21.1. The monoisotopic (exact) mass is 327 g/mol. The number of methoxy groups -OCH3 is 1. The van der Waals surface area contributed by atoms with E-state index in [1.165, 1.54) is 14.0 Å². The molecule has 6 heteroatoms. The van der Waals surface area contributed by atoms with E-state index in [0.717, 1.165) is 25.7 Å². The number of alkyl carbamates (subject to hydrolysis) is 1. The van der Waals surface area contributed by atoms with Crippen molar-refractivity contribution in [3.63, 3.8) is 0 Å². The molecule has 132 valence electrons. The molecule has 0 aliphatic carbocycles. The number of hydrogen-bond acceptors (Lipinski definition) is 5. The highest BCUT2D eigenvalue weighted by molar-refractivity contribution is 5.87. The molecule has 1 atom stereocenters. The average molecular weight is 327 g/mol. The van der Waals surface area contributed by atoms with Gasteiger partial charge >= 0.3 is 12.1 Å². The van der Waals surface area contributed by atoms with Gasteiger partial charge in [-0.2, -0.15) is 0 Å². The van der Waals surface area contributed by atoms with E-state index in [1.54, 1.807) is 26.8 Å². The Morgan fingerprint density at radius 1 is 1.13 bits per heavy atom. The van der Waals surface area contributed by atoms with Gasteiger partial charge in [0.15, 0.2) is 5.78 Å². The summed E-state index contributed by atoms with van der Waals surface area (Å²) < 4.78 is 9.85. The number of ketones is 1. The highest BCUT2D eigenvalue weighted by Gasteiger charge is 2.24. The zero-order valence-electron chi connectivity index (χ0n) is 14.8. The van der Waals surface area contributed by atoms with Crippen molar-refractivity contribution >= 4 is 17.8 Å². The van der Waals surface area contributed by atoms with E-state index in [0.29, 0.717) is 6.42 Å². The number of carbonyl (C=O) groups excluding carboxylic acids is 3. The Morgan fingerprint density at radius 2 is 1.78 bits per heavy atom. The Balaban J connectivity index is 4.19. The summed E-state index contributed by atoms with van der Waals surface area (Å²) in [6.07, 6.45) is 6.67. The third-order valence-electron chi connectivity index (χ3n) is 2.89. The topological polar surface area (TPSA) is 81.7 Å². The lowest BCUT2D eigenvalue weighted by Gasteiger charge is -2.22. The van der Waals surface area contributed by atoms with Gasteiger partial charge in [0.05, 0.1) is 7.11 Å². The van der Waals surface area contributed by atoms with Crippen molar-refractivity contribution in [1.82, 2.24) is 5.32 Å². The van der Waals surface area contributed by atoms with Crippen molar-refractivity contribution in [2.75, 3.05) is 7.11 Å². The number of esters is 1. The molecule has 0 aliphatic rings. The lowest BCUT2D eigenvalue weighted by atomic mass is 10.1. The smallest absolute Gasteiger partial charge is 0.408 e. The summed E-state index contributed by atoms with van der Waals surface area (Å²) in [6, 6.07) is -0.706. The van der Waals surface area contributed by atoms with Crippen molar-refractivity contribution in [1.29, 1.82) is 0 Å². The molecule has 0 aromatic rings. The standard InChI is InChI=1S/C17H29NO5/c1-13(19)11-9-7-6-8-10-12-14(15(20)22-5)18-16(21)23-17(2,3)4/h9,11,14H,6-8,10,12H2,1-5H3,(H,18,21)/b11-9+. The quantitative estimate of drug-likeness (QED) is 0.400. The van der Waals surface area contributed by atoms with E-state index in [2.05, 4.69) is 5.32 Å². The van der Waals surface area contributed by atoms with Crippen LogP contribution in [0.1, 0.15) is 59.8 Å². The predicted octanol–water partition coefficient (Wildman–Crippen LogP) is 3.15. The Labute approximate surface area is 138 Å². The molecule has 0 saturated heterocycles. The Bertz CT molecular complexity index is 423. The highest BCUT2D eigenvalue weighted by Crippen LogP contribution is 2.10. The van der Waals surface area contributed by atoms with Crippen LogP contribution in [0.25, 0.3) is 0 Å². The van der Waals surface area contributed by atoms with E-state index < -0.39 is 23.7 Å². The van der Waals surface area contributed by atoms with Gasteiger partial charge in [-0.15, -0.1) is 0 Å². The zero-order chi connectivity index (χ0) is 17.9. The predicted molar refractivity (Wildman–Crippen MR) is 88.1 cm³/mol. The molecule has 0 bridgehead atoms. The van der Waals surface area contributed by atoms with Crippen molar-refractivity contribution in [3.8, 4) is 0 Å². The van der Waals surface area contributed by atoms with Crippen LogP contribution >= 0.6 is 0 Å². The molecule has 0 spiro atoms. The lowest BCUT2D eigenvalue weighted by molar-refractivity contribution is -0.143. The van der Waals surface area contributed by atoms with Crippen LogP contribution in [-0.4, -0.2) is 36.6 Å². The average Bonchev–Trinajstić information content (AvgIpc) is 2.41. The van der Waals surface area contributed by atoms with Crippen LogP contribution in [0.3, 0.4) is 0 Å². The first-order valence-corrected chi connectivity index (χ1v) is 7.90. The number of amides is 1. The maximum absolute atomic E-state index is 11.7. The zero-order valence-corrected chi connectivity index (χ0v) is 14.8. The van der Waals surface area contributed by atoms with Crippen molar-refractivity contribution in [2.45, 2.75) is 71.4 Å². The highest BCUT2D eigenvalue weighted by atomic mass is 16.6. The van der Waals surface area contributed by atoms with Gasteiger partial charge in [0.1, 0.15) is 11.6 Å². The fourth-order valence-electron chi connectivity index (χ4n) is 1.88. The van der Waals surface area contributed by atoms with E-state index in [9.17, 15) is 14.4 Å². The van der Waals surface area contributed by atoms with Crippen LogP contribution in [0.4, 0.5) is 4.79 Å². The van der Waals surface area contributed by atoms with Crippen LogP contribution in [-0.2, 0) is 19.1 Å². The van der Waals surface area contributed by atoms with Crippen molar-refractivity contribution in [2.24, 2.45) is 0 Å². The van der Waals surface area contributed by atoms with Crippen molar-refractivity contribution in [3.05, 3.63) is 12.2 Å². The van der Waals surface area contributed by atoms with Crippen LogP contribution in [0.2, 0.25) is 0 Å². The molecule has 6 nitrogen and oxygen atoms in total. The van der Waals surface area contributed by atoms with Crippen LogP contribution in [0.15, 0.2) is 12.2 Å². The Hall–Kier alpha value is -1.85. The number of allylic oxidation sites excluding steroid dienone is 2. The summed E-state index contributed by atoms with van der Waals surface area (Å²) in [5.41, 5.74) is -0.617. The molecule has 23 heavy (non-hydrogen) atoms. The molecule has 0 heterocycles. The first-order valence-electron chi connectivity index (χ1n) is 7.90. The van der Waals surface area contributed by atoms with E-state index >= 15 is 0 Å². The van der Waals surface area contributed by atoms with Gasteiger partial charge in [0.25, 0.3) is 0 Å². The molecule has 0 fully saturated rings. The molecule has 0 rings (SSSR count). The van der Waals surface area contributed by atoms with Crippen LogP contribution in [0, 0.1) is 0 Å². The van der Waals surface area contributed by atoms with Crippen molar-refractivity contribution < 1.29 is 23.9 Å². The summed E-state index contributed by atoms with van der Waals surface area (Å²) in [5.74, 6) is -0.440. The van der Waals surface area contributed by atoms with Crippen LogP contribution < -0.4 is 5.32 Å². The molecule has 0 aromatic carbocycles. The summed E-state index contributed by atoms with van der Waals surface area (Å²) in [4.78, 5) is 34.2. The molecule has 0 radical (unpaired) electrons. The van der Waals surface area contributed by atoms with Gasteiger partial charge in [-0.25, -0.2) is 9.59 Å². The second kappa shape index (κ2) is 10.8. The fraction of sp³-hybridized carbons (Fsp3) is 0.706. The number of unbranched alkanes of at least 4 members (excludes halogenated alkanes) is 3. The third-order valence-corrected chi connectivity index (χ3v) is 2.89. The normalized spacial score (nSPS) is 12.7. The minimum absolute atomic E-state index is 0.0392. The maximum atomic E-state index is 11.7. The van der Waals surface area contributed by atoms with Gasteiger partial charge < -0.3 is 14.8 Å². The number of rotatable bonds is 9. The summed E-state index contributed by atoms with van der Waals surface area (Å²) >= 11 is 0. The second-order valence-electron chi connectivity index (χ2n) is 6.37.